The number of amides is 3. The molecular weight excluding hydrogens is 546 g/mol. The number of hydrogen-bond donors (Lipinski definition) is 3. The SMILES string of the molecule is CCNC(=O)[C@H](NC(=O)Cc1ccc2nc(C(C=NC(=O)c3ccnn3C)C3CCC(C)([Si])CC3)[nH]c2c1)C1CCC1. The third-order valence-electron chi connectivity index (χ3n) is 8.85. The lowest BCUT2D eigenvalue weighted by Gasteiger charge is -2.36. The van der Waals surface area contributed by atoms with E-state index in [1.54, 1.807) is 25.5 Å². The largest absolute Gasteiger partial charge is 0.355 e. The number of nitrogens with zero attached hydrogens (tertiary/aromatic N) is 4. The summed E-state index contributed by atoms with van der Waals surface area (Å²) in [6.07, 6.45) is 10.5. The number of imidazole rings is 1. The average Bonchev–Trinajstić information content (AvgIpc) is 3.54. The number of aliphatic imine (C=N–C) groups is 1. The van der Waals surface area contributed by atoms with E-state index in [4.69, 9.17) is 4.98 Å². The van der Waals surface area contributed by atoms with E-state index in [2.05, 4.69) is 42.9 Å². The summed E-state index contributed by atoms with van der Waals surface area (Å²) in [5.74, 6) is 0.460. The first-order valence-corrected chi connectivity index (χ1v) is 15.5. The van der Waals surface area contributed by atoms with Crippen molar-refractivity contribution in [3.63, 3.8) is 0 Å². The van der Waals surface area contributed by atoms with Crippen LogP contribution in [0.15, 0.2) is 35.5 Å². The van der Waals surface area contributed by atoms with Crippen LogP contribution in [0.1, 0.15) is 86.6 Å². The fourth-order valence-corrected chi connectivity index (χ4v) is 6.35. The molecule has 2 atom stereocenters. The second-order valence-electron chi connectivity index (χ2n) is 12.1. The molecule has 2 aromatic heterocycles. The molecule has 42 heavy (non-hydrogen) atoms. The predicted octanol–water partition coefficient (Wildman–Crippen LogP) is 3.79. The van der Waals surface area contributed by atoms with Gasteiger partial charge in [0.05, 0.1) is 23.4 Å². The predicted molar refractivity (Wildman–Crippen MR) is 163 cm³/mol. The van der Waals surface area contributed by atoms with Gasteiger partial charge in [0.15, 0.2) is 0 Å². The molecule has 11 heteroatoms. The molecule has 5 rings (SSSR count). The smallest absolute Gasteiger partial charge is 0.294 e. The number of hydrogen-bond acceptors (Lipinski definition) is 5. The molecule has 3 aromatic rings. The van der Waals surface area contributed by atoms with E-state index >= 15 is 0 Å². The zero-order chi connectivity index (χ0) is 29.9. The Morgan fingerprint density at radius 3 is 2.60 bits per heavy atom. The number of carbonyl (C=O) groups is 3. The molecule has 2 heterocycles. The summed E-state index contributed by atoms with van der Waals surface area (Å²) in [6, 6.07) is 6.94. The normalized spacial score (nSPS) is 22.5. The minimum Gasteiger partial charge on any atom is -0.355 e. The Hall–Kier alpha value is -3.60. The van der Waals surface area contributed by atoms with Crippen molar-refractivity contribution < 1.29 is 14.4 Å². The molecule has 10 nitrogen and oxygen atoms in total. The standard InChI is InChI=1S/C31H40N7O3Si/c1-4-32-30(41)27(21-6-5-7-21)37-26(39)17-19-8-9-23-24(16-19)36-28(35-23)22(20-10-13-31(2,42)14-11-20)18-33-29(40)25-12-15-34-38(25)3/h8-9,12,15-16,18,20-22,27H,4-7,10-11,13-14,17H2,1-3H3,(H,32,41)(H,35,36)(H,37,39)/t20?,22?,27-,31?/m1/s1. The van der Waals surface area contributed by atoms with E-state index in [0.29, 0.717) is 12.2 Å². The Morgan fingerprint density at radius 2 is 1.95 bits per heavy atom. The second kappa shape index (κ2) is 12.7. The van der Waals surface area contributed by atoms with E-state index in [1.165, 1.54) is 4.68 Å². The number of aryl methyl sites for hydroxylation is 1. The summed E-state index contributed by atoms with van der Waals surface area (Å²) < 4.78 is 1.52. The van der Waals surface area contributed by atoms with Crippen molar-refractivity contribution in [3.05, 3.63) is 47.5 Å². The number of carbonyl (C=O) groups excluding carboxylic acids is 3. The highest BCUT2D eigenvalue weighted by atomic mass is 28.1. The summed E-state index contributed by atoms with van der Waals surface area (Å²) in [5, 5.41) is 10.0. The van der Waals surface area contributed by atoms with Gasteiger partial charge in [-0.05, 0) is 73.2 Å². The van der Waals surface area contributed by atoms with Gasteiger partial charge in [0.1, 0.15) is 17.6 Å². The number of aromatic nitrogens is 4. The molecule has 221 valence electrons. The lowest BCUT2D eigenvalue weighted by molar-refractivity contribution is -0.130. The van der Waals surface area contributed by atoms with Crippen LogP contribution in [0.2, 0.25) is 5.04 Å². The highest BCUT2D eigenvalue weighted by molar-refractivity contribution is 6.14. The highest BCUT2D eigenvalue weighted by Crippen LogP contribution is 2.45. The zero-order valence-electron chi connectivity index (χ0n) is 24.7. The monoisotopic (exact) mass is 586 g/mol. The van der Waals surface area contributed by atoms with Crippen LogP contribution < -0.4 is 10.6 Å². The van der Waals surface area contributed by atoms with E-state index < -0.39 is 6.04 Å². The third-order valence-corrected chi connectivity index (χ3v) is 9.35. The highest BCUT2D eigenvalue weighted by Gasteiger charge is 2.34. The molecule has 2 saturated carbocycles. The van der Waals surface area contributed by atoms with E-state index in [0.717, 1.165) is 67.4 Å². The number of nitrogens with one attached hydrogen (secondary N) is 3. The summed E-state index contributed by atoms with van der Waals surface area (Å²) >= 11 is 0. The Labute approximate surface area is 250 Å². The molecule has 1 unspecified atom stereocenters. The van der Waals surface area contributed by atoms with Gasteiger partial charge in [-0.3, -0.25) is 19.1 Å². The number of likely N-dealkylation sites (N-methyl/N-ethyl adjacent to an activating group) is 1. The summed E-state index contributed by atoms with van der Waals surface area (Å²) in [7, 11) is 5.63. The molecule has 0 saturated heterocycles. The fourth-order valence-electron chi connectivity index (χ4n) is 6.06. The van der Waals surface area contributed by atoms with Gasteiger partial charge in [-0.15, -0.1) is 0 Å². The number of rotatable bonds is 10. The topological polar surface area (TPSA) is 134 Å². The Kier molecular flexibility index (Phi) is 9.05. The lowest BCUT2D eigenvalue weighted by atomic mass is 9.76. The van der Waals surface area contributed by atoms with Crippen LogP contribution in [0.4, 0.5) is 0 Å². The van der Waals surface area contributed by atoms with Gasteiger partial charge in [0.2, 0.25) is 11.8 Å². The second-order valence-corrected chi connectivity index (χ2v) is 13.3. The van der Waals surface area contributed by atoms with Crippen LogP contribution in [0.3, 0.4) is 0 Å². The van der Waals surface area contributed by atoms with Gasteiger partial charge in [0, 0.05) is 36.2 Å². The van der Waals surface area contributed by atoms with E-state index in [1.807, 2.05) is 25.1 Å². The van der Waals surface area contributed by atoms with Crippen LogP contribution >= 0.6 is 0 Å². The van der Waals surface area contributed by atoms with Crippen molar-refractivity contribution in [2.45, 2.75) is 82.2 Å². The zero-order valence-corrected chi connectivity index (χ0v) is 25.7. The van der Waals surface area contributed by atoms with Crippen molar-refractivity contribution in [1.82, 2.24) is 30.4 Å². The molecule has 3 radical (unpaired) electrons. The van der Waals surface area contributed by atoms with Gasteiger partial charge in [-0.1, -0.05) is 32.3 Å². The van der Waals surface area contributed by atoms with Gasteiger partial charge >= 0.3 is 0 Å². The maximum atomic E-state index is 13.0. The molecule has 3 amide bonds. The molecule has 3 N–H and O–H groups in total. The Bertz CT molecular complexity index is 1460. The van der Waals surface area contributed by atoms with Crippen molar-refractivity contribution in [3.8, 4) is 0 Å². The first-order valence-electron chi connectivity index (χ1n) is 15.0. The maximum absolute atomic E-state index is 13.0. The van der Waals surface area contributed by atoms with Crippen molar-refractivity contribution >= 4 is 45.2 Å². The van der Waals surface area contributed by atoms with Gasteiger partial charge in [-0.25, -0.2) is 9.98 Å². The number of fused-ring (bicyclic) bond motifs is 1. The first-order chi connectivity index (χ1) is 20.1. The van der Waals surface area contributed by atoms with Crippen LogP contribution in [-0.2, 0) is 23.1 Å². The fraction of sp³-hybridized carbons (Fsp3) is 0.548. The quantitative estimate of drug-likeness (QED) is 0.246. The molecule has 0 aliphatic heterocycles. The average molecular weight is 587 g/mol. The van der Waals surface area contributed by atoms with Crippen LogP contribution in [-0.4, -0.2) is 66.5 Å². The summed E-state index contributed by atoms with van der Waals surface area (Å²) in [5.41, 5.74) is 2.89. The molecule has 0 spiro atoms. The number of aromatic amines is 1. The molecule has 2 aliphatic rings. The van der Waals surface area contributed by atoms with Crippen molar-refractivity contribution in [1.29, 1.82) is 0 Å². The first kappa shape index (κ1) is 29.9. The summed E-state index contributed by atoms with van der Waals surface area (Å²) in [4.78, 5) is 51.1. The van der Waals surface area contributed by atoms with Gasteiger partial charge in [-0.2, -0.15) is 5.10 Å². The minimum atomic E-state index is -0.487. The van der Waals surface area contributed by atoms with Crippen molar-refractivity contribution in [2.75, 3.05) is 6.54 Å². The minimum absolute atomic E-state index is 0.110. The van der Waals surface area contributed by atoms with E-state index in [-0.39, 0.29) is 46.9 Å². The van der Waals surface area contributed by atoms with Gasteiger partial charge in [0.25, 0.3) is 5.91 Å². The number of H-pyrrole nitrogens is 1. The molecule has 0 bridgehead atoms. The van der Waals surface area contributed by atoms with E-state index in [9.17, 15) is 14.4 Å². The Morgan fingerprint density at radius 1 is 1.19 bits per heavy atom. The summed E-state index contributed by atoms with van der Waals surface area (Å²) in [6.45, 7) is 4.64. The van der Waals surface area contributed by atoms with Crippen molar-refractivity contribution in [2.24, 2.45) is 23.9 Å². The van der Waals surface area contributed by atoms with Gasteiger partial charge < -0.3 is 15.6 Å². The molecule has 1 aromatic carbocycles. The molecular formula is C31H40N7O3Si. The van der Waals surface area contributed by atoms with Crippen LogP contribution in [0.25, 0.3) is 11.0 Å². The lowest BCUT2D eigenvalue weighted by Crippen LogP contribution is -2.52. The van der Waals surface area contributed by atoms with Crippen LogP contribution in [0, 0.1) is 11.8 Å². The Balaban J connectivity index is 1.34. The number of benzene rings is 1. The molecule has 2 fully saturated rings. The maximum Gasteiger partial charge on any atom is 0.294 e. The van der Waals surface area contributed by atoms with Crippen LogP contribution in [0.5, 0.6) is 0 Å². The third kappa shape index (κ3) is 6.88. The molecule has 2 aliphatic carbocycles.